The van der Waals surface area contributed by atoms with E-state index in [-0.39, 0.29) is 0 Å². The van der Waals surface area contributed by atoms with Crippen LogP contribution in [0.1, 0.15) is 13.8 Å². The third-order valence-electron chi connectivity index (χ3n) is 0.629. The molecular formula is C5H9NO3. The van der Waals surface area contributed by atoms with E-state index in [1.165, 1.54) is 6.92 Å². The summed E-state index contributed by atoms with van der Waals surface area (Å²) in [4.78, 5) is 24.9. The summed E-state index contributed by atoms with van der Waals surface area (Å²) >= 11 is 0. The molecule has 0 heterocycles. The molecule has 52 valence electrons. The first-order chi connectivity index (χ1) is 4.18. The first-order valence-corrected chi connectivity index (χ1v) is 2.61. The average molecular weight is 131 g/mol. The number of carbonyl (C=O) groups excluding carboxylic acids is 2. The molecule has 0 bridgehead atoms. The van der Waals surface area contributed by atoms with Crippen LogP contribution in [0.25, 0.3) is 0 Å². The molecule has 4 heteroatoms. The van der Waals surface area contributed by atoms with Crippen LogP contribution in [-0.4, -0.2) is 18.3 Å². The number of hydrogen-bond acceptors (Lipinski definition) is 3. The molecule has 1 amide bonds. The summed E-state index contributed by atoms with van der Waals surface area (Å²) in [6.07, 6.45) is 0. The maximum absolute atomic E-state index is 10.3. The van der Waals surface area contributed by atoms with Crippen LogP contribution in [0.4, 0.5) is 0 Å². The van der Waals surface area contributed by atoms with E-state index in [4.69, 9.17) is 0 Å². The second kappa shape index (κ2) is 4.03. The maximum Gasteiger partial charge on any atom is 0.310 e. The zero-order valence-electron chi connectivity index (χ0n) is 5.43. The Labute approximate surface area is 53.1 Å². The zero-order chi connectivity index (χ0) is 7.28. The Hall–Kier alpha value is -0.900. The molecule has 0 fully saturated rings. The van der Waals surface area contributed by atoms with Crippen LogP contribution in [0, 0.1) is 0 Å². The van der Waals surface area contributed by atoms with Crippen molar-refractivity contribution in [2.24, 2.45) is 0 Å². The second-order valence-corrected chi connectivity index (χ2v) is 1.42. The van der Waals surface area contributed by atoms with Crippen LogP contribution in [-0.2, 0) is 14.4 Å². The quantitative estimate of drug-likeness (QED) is 0.420. The molecule has 0 aliphatic rings. The van der Waals surface area contributed by atoms with Gasteiger partial charge in [0.1, 0.15) is 0 Å². The Bertz CT molecular complexity index is 121. The summed E-state index contributed by atoms with van der Waals surface area (Å²) in [5, 5.41) is 0. The molecule has 9 heavy (non-hydrogen) atoms. The van der Waals surface area contributed by atoms with Crippen LogP contribution in [0.5, 0.6) is 0 Å². The van der Waals surface area contributed by atoms with Crippen LogP contribution in [0.15, 0.2) is 0 Å². The lowest BCUT2D eigenvalue weighted by molar-refractivity contribution is -0.144. The predicted molar refractivity (Wildman–Crippen MR) is 30.4 cm³/mol. The molecule has 0 rings (SSSR count). The molecular weight excluding hydrogens is 122 g/mol. The fraction of sp³-hybridized carbons (Fsp3) is 0.600. The van der Waals surface area contributed by atoms with Crippen molar-refractivity contribution in [3.05, 3.63) is 0 Å². The standard InChI is InChI=1S/C5H9NO3/c1-3-9-6-5(8)4(2)7/h3H2,1-2H3,(H,6,8). The summed E-state index contributed by atoms with van der Waals surface area (Å²) in [6.45, 7) is 3.24. The van der Waals surface area contributed by atoms with E-state index in [1.807, 2.05) is 5.48 Å². The normalized spacial score (nSPS) is 8.67. The van der Waals surface area contributed by atoms with Crippen molar-refractivity contribution in [1.82, 2.24) is 5.48 Å². The van der Waals surface area contributed by atoms with Crippen molar-refractivity contribution >= 4 is 11.7 Å². The molecule has 0 saturated heterocycles. The van der Waals surface area contributed by atoms with Gasteiger partial charge in [-0.1, -0.05) is 0 Å². The highest BCUT2D eigenvalue weighted by Gasteiger charge is 2.04. The van der Waals surface area contributed by atoms with E-state index in [2.05, 4.69) is 4.84 Å². The van der Waals surface area contributed by atoms with Gasteiger partial charge in [0.2, 0.25) is 5.78 Å². The van der Waals surface area contributed by atoms with Crippen molar-refractivity contribution < 1.29 is 14.4 Å². The van der Waals surface area contributed by atoms with Crippen molar-refractivity contribution in [3.63, 3.8) is 0 Å². The number of hydroxylamine groups is 1. The Kier molecular flexibility index (Phi) is 3.62. The highest BCUT2D eigenvalue weighted by Crippen LogP contribution is 1.69. The first-order valence-electron chi connectivity index (χ1n) is 2.61. The summed E-state index contributed by atoms with van der Waals surface area (Å²) in [6, 6.07) is 0. The number of hydrogen-bond donors (Lipinski definition) is 1. The minimum atomic E-state index is -0.711. The molecule has 0 aromatic carbocycles. The van der Waals surface area contributed by atoms with E-state index in [0.29, 0.717) is 6.61 Å². The molecule has 0 spiro atoms. The lowest BCUT2D eigenvalue weighted by atomic mass is 10.4. The maximum atomic E-state index is 10.3. The van der Waals surface area contributed by atoms with E-state index < -0.39 is 11.7 Å². The summed E-state index contributed by atoms with van der Waals surface area (Å²) in [7, 11) is 0. The third-order valence-corrected chi connectivity index (χ3v) is 0.629. The minimum Gasteiger partial charge on any atom is -0.289 e. The summed E-state index contributed by atoms with van der Waals surface area (Å²) in [5.41, 5.74) is 1.94. The number of carbonyl (C=O) groups is 2. The Morgan fingerprint density at radius 1 is 1.56 bits per heavy atom. The molecule has 0 aromatic heterocycles. The topological polar surface area (TPSA) is 55.4 Å². The van der Waals surface area contributed by atoms with Gasteiger partial charge in [0.05, 0.1) is 6.61 Å². The van der Waals surface area contributed by atoms with Crippen LogP contribution < -0.4 is 5.48 Å². The zero-order valence-corrected chi connectivity index (χ0v) is 5.43. The highest BCUT2D eigenvalue weighted by molar-refractivity contribution is 6.34. The molecule has 0 radical (unpaired) electrons. The lowest BCUT2D eigenvalue weighted by Crippen LogP contribution is -2.29. The van der Waals surface area contributed by atoms with Gasteiger partial charge in [-0.05, 0) is 6.92 Å². The SMILES string of the molecule is CCONC(=O)C(C)=O. The minimum absolute atomic E-state index is 0.360. The van der Waals surface area contributed by atoms with Crippen molar-refractivity contribution in [2.75, 3.05) is 6.61 Å². The Balaban J connectivity index is 3.39. The highest BCUT2D eigenvalue weighted by atomic mass is 16.6. The lowest BCUT2D eigenvalue weighted by Gasteiger charge is -1.97. The smallest absolute Gasteiger partial charge is 0.289 e. The molecule has 0 atom stereocenters. The third kappa shape index (κ3) is 3.66. The number of Topliss-reactive ketones (excluding diaryl/α,β-unsaturated/α-hetero) is 1. The van der Waals surface area contributed by atoms with E-state index in [9.17, 15) is 9.59 Å². The van der Waals surface area contributed by atoms with Crippen molar-refractivity contribution in [2.45, 2.75) is 13.8 Å². The van der Waals surface area contributed by atoms with Gasteiger partial charge in [-0.15, -0.1) is 0 Å². The van der Waals surface area contributed by atoms with Gasteiger partial charge in [-0.2, -0.15) is 0 Å². The molecule has 0 aliphatic carbocycles. The number of ketones is 1. The first kappa shape index (κ1) is 8.10. The monoisotopic (exact) mass is 131 g/mol. The molecule has 0 unspecified atom stereocenters. The van der Waals surface area contributed by atoms with E-state index in [1.54, 1.807) is 6.92 Å². The average Bonchev–Trinajstić information content (AvgIpc) is 1.82. The molecule has 0 saturated carbocycles. The predicted octanol–water partition coefficient (Wildman–Crippen LogP) is -0.357. The molecule has 0 aromatic rings. The second-order valence-electron chi connectivity index (χ2n) is 1.42. The fourth-order valence-electron chi connectivity index (χ4n) is 0.210. The van der Waals surface area contributed by atoms with Gasteiger partial charge in [0, 0.05) is 6.92 Å². The van der Waals surface area contributed by atoms with Gasteiger partial charge in [-0.3, -0.25) is 14.4 Å². The van der Waals surface area contributed by atoms with Crippen molar-refractivity contribution in [3.8, 4) is 0 Å². The fourth-order valence-corrected chi connectivity index (χ4v) is 0.210. The van der Waals surface area contributed by atoms with Gasteiger partial charge in [0.15, 0.2) is 0 Å². The summed E-state index contributed by atoms with van der Waals surface area (Å²) < 4.78 is 0. The van der Waals surface area contributed by atoms with Gasteiger partial charge in [0.25, 0.3) is 0 Å². The molecule has 4 nitrogen and oxygen atoms in total. The van der Waals surface area contributed by atoms with E-state index >= 15 is 0 Å². The Morgan fingerprint density at radius 2 is 2.11 bits per heavy atom. The van der Waals surface area contributed by atoms with Crippen molar-refractivity contribution in [1.29, 1.82) is 0 Å². The number of amides is 1. The van der Waals surface area contributed by atoms with Gasteiger partial charge < -0.3 is 0 Å². The van der Waals surface area contributed by atoms with E-state index in [0.717, 1.165) is 0 Å². The summed E-state index contributed by atoms with van der Waals surface area (Å²) in [5.74, 6) is -1.26. The number of rotatable bonds is 3. The van der Waals surface area contributed by atoms with Gasteiger partial charge in [-0.25, -0.2) is 5.48 Å². The Morgan fingerprint density at radius 3 is 2.44 bits per heavy atom. The number of nitrogens with one attached hydrogen (secondary N) is 1. The van der Waals surface area contributed by atoms with Gasteiger partial charge >= 0.3 is 5.91 Å². The van der Waals surface area contributed by atoms with Crippen LogP contribution >= 0.6 is 0 Å². The largest absolute Gasteiger partial charge is 0.310 e. The van der Waals surface area contributed by atoms with Crippen LogP contribution in [0.2, 0.25) is 0 Å². The van der Waals surface area contributed by atoms with Crippen LogP contribution in [0.3, 0.4) is 0 Å². The molecule has 1 N–H and O–H groups in total. The molecule has 0 aliphatic heterocycles.